The molecular formula is C16H23NO4. The summed E-state index contributed by atoms with van der Waals surface area (Å²) in [6, 6.07) is 3.48. The average molecular weight is 293 g/mol. The van der Waals surface area contributed by atoms with Crippen LogP contribution in [0.5, 0.6) is 0 Å². The van der Waals surface area contributed by atoms with Gasteiger partial charge in [-0.05, 0) is 39.3 Å². The monoisotopic (exact) mass is 293 g/mol. The van der Waals surface area contributed by atoms with Crippen LogP contribution in [-0.2, 0) is 19.1 Å². The number of carbonyl (C=O) groups is 2. The van der Waals surface area contributed by atoms with Gasteiger partial charge < -0.3 is 9.47 Å². The van der Waals surface area contributed by atoms with Crippen molar-refractivity contribution in [3.05, 3.63) is 30.1 Å². The van der Waals surface area contributed by atoms with Crippen molar-refractivity contribution in [2.24, 2.45) is 5.92 Å². The van der Waals surface area contributed by atoms with Gasteiger partial charge in [-0.2, -0.15) is 0 Å². The summed E-state index contributed by atoms with van der Waals surface area (Å²) < 4.78 is 10.4. The third-order valence-corrected chi connectivity index (χ3v) is 2.86. The third-order valence-electron chi connectivity index (χ3n) is 2.86. The molecule has 0 radical (unpaired) electrons. The molecule has 0 bridgehead atoms. The summed E-state index contributed by atoms with van der Waals surface area (Å²) in [5, 5.41) is 0. The highest BCUT2D eigenvalue weighted by Gasteiger charge is 2.35. The number of rotatable bonds is 5. The molecule has 1 rings (SSSR count). The van der Waals surface area contributed by atoms with E-state index in [0.29, 0.717) is 5.56 Å². The summed E-state index contributed by atoms with van der Waals surface area (Å²) in [5.74, 6) is -2.23. The molecule has 1 heterocycles. The predicted molar refractivity (Wildman–Crippen MR) is 78.6 cm³/mol. The summed E-state index contributed by atoms with van der Waals surface area (Å²) in [7, 11) is 0. The first kappa shape index (κ1) is 17.1. The zero-order valence-electron chi connectivity index (χ0n) is 13.3. The fourth-order valence-electron chi connectivity index (χ4n) is 1.95. The quantitative estimate of drug-likeness (QED) is 0.781. The van der Waals surface area contributed by atoms with E-state index in [9.17, 15) is 9.59 Å². The minimum Gasteiger partial charge on any atom is -0.466 e. The summed E-state index contributed by atoms with van der Waals surface area (Å²) in [6.07, 6.45) is 3.19. The van der Waals surface area contributed by atoms with E-state index in [4.69, 9.17) is 9.47 Å². The zero-order valence-corrected chi connectivity index (χ0v) is 13.3. The number of carbonyl (C=O) groups excluding carboxylic acids is 2. The highest BCUT2D eigenvalue weighted by atomic mass is 16.6. The molecule has 0 amide bonds. The lowest BCUT2D eigenvalue weighted by Gasteiger charge is -2.26. The topological polar surface area (TPSA) is 65.5 Å². The molecule has 2 atom stereocenters. The van der Waals surface area contributed by atoms with E-state index in [-0.39, 0.29) is 6.61 Å². The van der Waals surface area contributed by atoms with E-state index >= 15 is 0 Å². The maximum Gasteiger partial charge on any atom is 0.314 e. The number of hydrogen-bond donors (Lipinski definition) is 0. The van der Waals surface area contributed by atoms with Crippen LogP contribution in [0.1, 0.15) is 46.1 Å². The minimum atomic E-state index is -0.714. The molecule has 1 aromatic heterocycles. The molecule has 5 nitrogen and oxygen atoms in total. The van der Waals surface area contributed by atoms with Crippen LogP contribution in [0.2, 0.25) is 0 Å². The first-order chi connectivity index (χ1) is 9.76. The molecule has 0 saturated heterocycles. The average Bonchev–Trinajstić information content (AvgIpc) is 2.38. The fraction of sp³-hybridized carbons (Fsp3) is 0.562. The van der Waals surface area contributed by atoms with Crippen molar-refractivity contribution in [1.29, 1.82) is 0 Å². The summed E-state index contributed by atoms with van der Waals surface area (Å²) in [5.41, 5.74) is 0.0498. The molecular weight excluding hydrogens is 270 g/mol. The highest BCUT2D eigenvalue weighted by Crippen LogP contribution is 2.28. The molecule has 0 fully saturated rings. The van der Waals surface area contributed by atoms with Gasteiger partial charge in [0.15, 0.2) is 0 Å². The predicted octanol–water partition coefficient (Wildman–Crippen LogP) is 2.71. The summed E-state index contributed by atoms with van der Waals surface area (Å²) in [4.78, 5) is 28.4. The van der Waals surface area contributed by atoms with Crippen molar-refractivity contribution in [3.8, 4) is 0 Å². The number of pyridine rings is 1. The van der Waals surface area contributed by atoms with Gasteiger partial charge >= 0.3 is 11.9 Å². The maximum absolute atomic E-state index is 12.2. The third kappa shape index (κ3) is 5.17. The highest BCUT2D eigenvalue weighted by molar-refractivity contribution is 5.86. The smallest absolute Gasteiger partial charge is 0.314 e. The van der Waals surface area contributed by atoms with Gasteiger partial charge in [0.05, 0.1) is 18.4 Å². The van der Waals surface area contributed by atoms with Gasteiger partial charge in [-0.15, -0.1) is 0 Å². The maximum atomic E-state index is 12.2. The van der Waals surface area contributed by atoms with E-state index < -0.39 is 29.4 Å². The second kappa shape index (κ2) is 7.20. The van der Waals surface area contributed by atoms with Crippen LogP contribution in [0, 0.1) is 5.92 Å². The molecule has 0 aromatic carbocycles. The Balaban J connectivity index is 3.01. The van der Waals surface area contributed by atoms with Gasteiger partial charge in [-0.25, -0.2) is 0 Å². The first-order valence-corrected chi connectivity index (χ1v) is 7.05. The number of nitrogens with zero attached hydrogens (tertiary/aromatic N) is 1. The molecule has 116 valence electrons. The Morgan fingerprint density at radius 3 is 2.43 bits per heavy atom. The molecule has 1 unspecified atom stereocenters. The normalized spacial score (nSPS) is 14.1. The van der Waals surface area contributed by atoms with Gasteiger partial charge in [-0.3, -0.25) is 14.6 Å². The van der Waals surface area contributed by atoms with Crippen molar-refractivity contribution >= 4 is 11.9 Å². The molecule has 0 aliphatic rings. The number of hydrogen-bond acceptors (Lipinski definition) is 5. The Labute approximate surface area is 125 Å². The van der Waals surface area contributed by atoms with Crippen LogP contribution in [0.25, 0.3) is 0 Å². The molecule has 0 N–H and O–H groups in total. The van der Waals surface area contributed by atoms with Crippen molar-refractivity contribution in [1.82, 2.24) is 4.98 Å². The first-order valence-electron chi connectivity index (χ1n) is 7.05. The number of aromatic nitrogens is 1. The molecule has 5 heteroatoms. The lowest BCUT2D eigenvalue weighted by atomic mass is 9.88. The van der Waals surface area contributed by atoms with Crippen LogP contribution < -0.4 is 0 Å². The van der Waals surface area contributed by atoms with Crippen LogP contribution in [-0.4, -0.2) is 29.1 Å². The second-order valence-corrected chi connectivity index (χ2v) is 5.84. The van der Waals surface area contributed by atoms with Crippen molar-refractivity contribution in [2.75, 3.05) is 6.61 Å². The van der Waals surface area contributed by atoms with E-state index in [1.165, 1.54) is 0 Å². The molecule has 0 aliphatic heterocycles. The largest absolute Gasteiger partial charge is 0.466 e. The Bertz CT molecular complexity index is 479. The van der Waals surface area contributed by atoms with E-state index in [1.807, 2.05) is 0 Å². The minimum absolute atomic E-state index is 0.261. The van der Waals surface area contributed by atoms with Gasteiger partial charge in [0, 0.05) is 12.4 Å². The van der Waals surface area contributed by atoms with E-state index in [2.05, 4.69) is 4.98 Å². The summed E-state index contributed by atoms with van der Waals surface area (Å²) >= 11 is 0. The zero-order chi connectivity index (χ0) is 16.0. The Hall–Kier alpha value is -1.91. The van der Waals surface area contributed by atoms with Crippen LogP contribution in [0.3, 0.4) is 0 Å². The molecule has 0 aliphatic carbocycles. The molecule has 1 aromatic rings. The standard InChI is InChI=1S/C16H23NO4/c1-6-20-15(19)13(12-8-7-9-17-10-12)11(2)14(18)21-16(3,4)5/h7-11,13H,6H2,1-5H3/t11-,13?/m1/s1. The Morgan fingerprint density at radius 1 is 1.29 bits per heavy atom. The van der Waals surface area contributed by atoms with E-state index in [1.54, 1.807) is 59.1 Å². The van der Waals surface area contributed by atoms with Crippen molar-refractivity contribution < 1.29 is 19.1 Å². The van der Waals surface area contributed by atoms with Crippen molar-refractivity contribution in [2.45, 2.75) is 46.1 Å². The van der Waals surface area contributed by atoms with Gasteiger partial charge in [-0.1, -0.05) is 13.0 Å². The van der Waals surface area contributed by atoms with E-state index in [0.717, 1.165) is 0 Å². The van der Waals surface area contributed by atoms with Crippen LogP contribution in [0.15, 0.2) is 24.5 Å². The van der Waals surface area contributed by atoms with Crippen molar-refractivity contribution in [3.63, 3.8) is 0 Å². The lowest BCUT2D eigenvalue weighted by Crippen LogP contribution is -2.33. The Kier molecular flexibility index (Phi) is 5.88. The SMILES string of the molecule is CCOC(=O)C(c1cccnc1)[C@@H](C)C(=O)OC(C)(C)C. The number of ether oxygens (including phenoxy) is 2. The van der Waals surface area contributed by atoms with Crippen LogP contribution in [0.4, 0.5) is 0 Å². The fourth-order valence-corrected chi connectivity index (χ4v) is 1.95. The number of esters is 2. The van der Waals surface area contributed by atoms with Gasteiger partial charge in [0.25, 0.3) is 0 Å². The summed E-state index contributed by atoms with van der Waals surface area (Å²) in [6.45, 7) is 9.04. The van der Waals surface area contributed by atoms with Gasteiger partial charge in [0.2, 0.25) is 0 Å². The second-order valence-electron chi connectivity index (χ2n) is 5.84. The molecule has 0 spiro atoms. The molecule has 0 saturated carbocycles. The Morgan fingerprint density at radius 2 is 1.95 bits per heavy atom. The lowest BCUT2D eigenvalue weighted by molar-refractivity contribution is -0.164. The molecule has 21 heavy (non-hydrogen) atoms. The van der Waals surface area contributed by atoms with Gasteiger partial charge in [0.1, 0.15) is 5.60 Å². The van der Waals surface area contributed by atoms with Crippen LogP contribution >= 0.6 is 0 Å².